The average molecular weight is 406 g/mol. The fourth-order valence-corrected chi connectivity index (χ4v) is 3.03. The molecular formula is C21H12F6N2. The Bertz CT molecular complexity index is 1080. The van der Waals surface area contributed by atoms with E-state index in [4.69, 9.17) is 5.26 Å². The normalized spacial score (nSPS) is 11.9. The second kappa shape index (κ2) is 7.59. The van der Waals surface area contributed by atoms with Gasteiger partial charge >= 0.3 is 12.4 Å². The minimum atomic E-state index is -4.64. The van der Waals surface area contributed by atoms with E-state index in [1.165, 1.54) is 48.5 Å². The number of rotatable bonds is 3. The van der Waals surface area contributed by atoms with Gasteiger partial charge in [-0.05, 0) is 23.8 Å². The molecule has 0 radical (unpaired) electrons. The molecule has 0 saturated carbocycles. The molecule has 148 valence electrons. The van der Waals surface area contributed by atoms with Gasteiger partial charge in [-0.25, -0.2) is 0 Å². The number of hydrogen-bond donors (Lipinski definition) is 0. The van der Waals surface area contributed by atoms with Crippen LogP contribution in [-0.4, -0.2) is 4.98 Å². The SMILES string of the molecule is N#CCc1nc(-c2ccccc2C(F)(F)F)ccc1-c1ccccc1C(F)(F)F. The molecule has 0 unspecified atom stereocenters. The van der Waals surface area contributed by atoms with Crippen LogP contribution in [0.5, 0.6) is 0 Å². The first-order valence-corrected chi connectivity index (χ1v) is 8.33. The molecule has 3 aromatic rings. The van der Waals surface area contributed by atoms with E-state index in [0.29, 0.717) is 0 Å². The van der Waals surface area contributed by atoms with Crippen LogP contribution in [0, 0.1) is 11.3 Å². The zero-order chi connectivity index (χ0) is 21.2. The van der Waals surface area contributed by atoms with E-state index in [1.54, 1.807) is 0 Å². The molecule has 0 amide bonds. The van der Waals surface area contributed by atoms with Crippen molar-refractivity contribution >= 4 is 0 Å². The van der Waals surface area contributed by atoms with Crippen molar-refractivity contribution < 1.29 is 26.3 Å². The number of nitrogens with zero attached hydrogens (tertiary/aromatic N) is 2. The Morgan fingerprint density at radius 1 is 0.690 bits per heavy atom. The van der Waals surface area contributed by atoms with Gasteiger partial charge in [0, 0.05) is 11.1 Å². The predicted octanol–water partition coefficient (Wildman–Crippen LogP) is 6.52. The van der Waals surface area contributed by atoms with Gasteiger partial charge in [0.05, 0.1) is 35.0 Å². The summed E-state index contributed by atoms with van der Waals surface area (Å²) in [5.74, 6) is 0. The summed E-state index contributed by atoms with van der Waals surface area (Å²) in [6.07, 6.45) is -9.62. The quantitative estimate of drug-likeness (QED) is 0.465. The molecule has 1 aromatic heterocycles. The molecule has 1 heterocycles. The molecular weight excluding hydrogens is 394 g/mol. The summed E-state index contributed by atoms with van der Waals surface area (Å²) < 4.78 is 80.0. The first kappa shape index (κ1) is 20.4. The highest BCUT2D eigenvalue weighted by Gasteiger charge is 2.35. The number of alkyl halides is 6. The molecule has 8 heteroatoms. The molecule has 0 spiro atoms. The van der Waals surface area contributed by atoms with Crippen LogP contribution in [-0.2, 0) is 18.8 Å². The van der Waals surface area contributed by atoms with Crippen LogP contribution in [0.25, 0.3) is 22.4 Å². The van der Waals surface area contributed by atoms with Crippen molar-refractivity contribution in [3.63, 3.8) is 0 Å². The third-order valence-corrected chi connectivity index (χ3v) is 4.25. The smallest absolute Gasteiger partial charge is 0.251 e. The third-order valence-electron chi connectivity index (χ3n) is 4.25. The average Bonchev–Trinajstić information content (AvgIpc) is 2.67. The van der Waals surface area contributed by atoms with Crippen molar-refractivity contribution in [2.24, 2.45) is 0 Å². The van der Waals surface area contributed by atoms with Gasteiger partial charge in [0.15, 0.2) is 0 Å². The Morgan fingerprint density at radius 2 is 1.21 bits per heavy atom. The standard InChI is InChI=1S/C21H12F6N2/c22-20(23,24)16-7-3-1-5-13(16)14-9-10-18(29-19(14)11-12-28)15-6-2-4-8-17(15)21(25,26)27/h1-10H,11H2. The number of aromatic nitrogens is 1. The second-order valence-corrected chi connectivity index (χ2v) is 6.11. The Morgan fingerprint density at radius 3 is 1.76 bits per heavy atom. The van der Waals surface area contributed by atoms with Crippen molar-refractivity contribution in [3.8, 4) is 28.5 Å². The van der Waals surface area contributed by atoms with Crippen LogP contribution in [0.1, 0.15) is 16.8 Å². The van der Waals surface area contributed by atoms with Crippen LogP contribution in [0.4, 0.5) is 26.3 Å². The van der Waals surface area contributed by atoms with Gasteiger partial charge in [-0.1, -0.05) is 42.5 Å². The number of hydrogen-bond acceptors (Lipinski definition) is 2. The summed E-state index contributed by atoms with van der Waals surface area (Å²) in [5, 5.41) is 9.07. The van der Waals surface area contributed by atoms with Crippen LogP contribution < -0.4 is 0 Å². The van der Waals surface area contributed by atoms with E-state index >= 15 is 0 Å². The predicted molar refractivity (Wildman–Crippen MR) is 94.4 cm³/mol. The summed E-state index contributed by atoms with van der Waals surface area (Å²) in [4.78, 5) is 4.12. The zero-order valence-corrected chi connectivity index (χ0v) is 14.6. The topological polar surface area (TPSA) is 36.7 Å². The molecule has 0 aliphatic carbocycles. The van der Waals surface area contributed by atoms with E-state index in [-0.39, 0.29) is 34.5 Å². The summed E-state index contributed by atoms with van der Waals surface area (Å²) in [6, 6.07) is 13.9. The molecule has 0 aliphatic rings. The summed E-state index contributed by atoms with van der Waals surface area (Å²) in [6.45, 7) is 0. The number of nitriles is 1. The van der Waals surface area contributed by atoms with Crippen molar-refractivity contribution in [2.45, 2.75) is 18.8 Å². The molecule has 29 heavy (non-hydrogen) atoms. The van der Waals surface area contributed by atoms with E-state index in [9.17, 15) is 26.3 Å². The maximum atomic E-state index is 13.4. The Kier molecular flexibility index (Phi) is 5.33. The fraction of sp³-hybridized carbons (Fsp3) is 0.143. The largest absolute Gasteiger partial charge is 0.417 e. The third kappa shape index (κ3) is 4.24. The van der Waals surface area contributed by atoms with Gasteiger partial charge in [0.25, 0.3) is 0 Å². The highest BCUT2D eigenvalue weighted by atomic mass is 19.4. The van der Waals surface area contributed by atoms with Crippen molar-refractivity contribution in [1.29, 1.82) is 5.26 Å². The van der Waals surface area contributed by atoms with Crippen LogP contribution in [0.15, 0.2) is 60.7 Å². The van der Waals surface area contributed by atoms with Crippen LogP contribution >= 0.6 is 0 Å². The minimum Gasteiger partial charge on any atom is -0.251 e. The van der Waals surface area contributed by atoms with Gasteiger partial charge in [-0.15, -0.1) is 0 Å². The van der Waals surface area contributed by atoms with E-state index in [2.05, 4.69) is 4.98 Å². The molecule has 3 rings (SSSR count). The van der Waals surface area contributed by atoms with Crippen molar-refractivity contribution in [2.75, 3.05) is 0 Å². The molecule has 0 atom stereocenters. The van der Waals surface area contributed by atoms with Gasteiger partial charge in [-0.2, -0.15) is 31.6 Å². The van der Waals surface area contributed by atoms with Crippen LogP contribution in [0.2, 0.25) is 0 Å². The van der Waals surface area contributed by atoms with Gasteiger partial charge < -0.3 is 0 Å². The first-order chi connectivity index (χ1) is 13.6. The van der Waals surface area contributed by atoms with Gasteiger partial charge in [-0.3, -0.25) is 4.98 Å². The van der Waals surface area contributed by atoms with Crippen LogP contribution in [0.3, 0.4) is 0 Å². The van der Waals surface area contributed by atoms with Gasteiger partial charge in [0.2, 0.25) is 0 Å². The zero-order valence-electron chi connectivity index (χ0n) is 14.6. The second-order valence-electron chi connectivity index (χ2n) is 6.11. The maximum Gasteiger partial charge on any atom is 0.417 e. The first-order valence-electron chi connectivity index (χ1n) is 8.33. The molecule has 2 aromatic carbocycles. The molecule has 0 saturated heterocycles. The number of halogens is 6. The lowest BCUT2D eigenvalue weighted by molar-refractivity contribution is -0.137. The number of benzene rings is 2. The van der Waals surface area contributed by atoms with E-state index in [0.717, 1.165) is 12.1 Å². The maximum absolute atomic E-state index is 13.4. The van der Waals surface area contributed by atoms with E-state index < -0.39 is 23.5 Å². The lowest BCUT2D eigenvalue weighted by Gasteiger charge is -2.16. The van der Waals surface area contributed by atoms with E-state index in [1.807, 2.05) is 6.07 Å². The Hall–Kier alpha value is -3.34. The molecule has 0 N–H and O–H groups in total. The summed E-state index contributed by atoms with van der Waals surface area (Å²) in [7, 11) is 0. The number of pyridine rings is 1. The lowest BCUT2D eigenvalue weighted by atomic mass is 9.95. The molecule has 0 fully saturated rings. The Balaban J connectivity index is 2.21. The van der Waals surface area contributed by atoms with Crippen molar-refractivity contribution in [1.82, 2.24) is 4.98 Å². The minimum absolute atomic E-state index is 0.0290. The van der Waals surface area contributed by atoms with Gasteiger partial charge in [0.1, 0.15) is 0 Å². The summed E-state index contributed by atoms with van der Waals surface area (Å²) in [5.41, 5.74) is -2.28. The fourth-order valence-electron chi connectivity index (χ4n) is 3.03. The highest BCUT2D eigenvalue weighted by molar-refractivity contribution is 5.74. The Labute approximate surface area is 162 Å². The molecule has 0 bridgehead atoms. The summed E-state index contributed by atoms with van der Waals surface area (Å²) >= 11 is 0. The molecule has 2 nitrogen and oxygen atoms in total. The highest BCUT2D eigenvalue weighted by Crippen LogP contribution is 2.40. The molecule has 0 aliphatic heterocycles. The van der Waals surface area contributed by atoms with Crippen molar-refractivity contribution in [3.05, 3.63) is 77.5 Å². The monoisotopic (exact) mass is 406 g/mol. The lowest BCUT2D eigenvalue weighted by Crippen LogP contribution is -2.09.